The summed E-state index contributed by atoms with van der Waals surface area (Å²) < 4.78 is 18.8. The van der Waals surface area contributed by atoms with Crippen LogP contribution in [0.2, 0.25) is 0 Å². The number of esters is 1. The van der Waals surface area contributed by atoms with Crippen LogP contribution < -0.4 is 0 Å². The normalized spacial score (nSPS) is 10.3. The van der Waals surface area contributed by atoms with Crippen molar-refractivity contribution < 1.29 is 13.9 Å². The fraction of sp³-hybridized carbons (Fsp3) is 0.0909. The molecule has 0 aliphatic heterocycles. The number of carbonyl (C=O) groups is 1. The van der Waals surface area contributed by atoms with Crippen LogP contribution in [0.5, 0.6) is 0 Å². The summed E-state index contributed by atoms with van der Waals surface area (Å²) >= 11 is 4.35. The molecule has 2 aromatic rings. The first-order valence-corrected chi connectivity index (χ1v) is 6.23. The highest BCUT2D eigenvalue weighted by Gasteiger charge is 2.16. The minimum Gasteiger partial charge on any atom is -0.465 e. The van der Waals surface area contributed by atoms with E-state index in [1.165, 1.54) is 19.4 Å². The van der Waals surface area contributed by atoms with E-state index in [0.717, 1.165) is 11.3 Å². The van der Waals surface area contributed by atoms with Crippen molar-refractivity contribution in [3.05, 3.63) is 39.6 Å². The molecule has 0 saturated heterocycles. The van der Waals surface area contributed by atoms with E-state index in [2.05, 4.69) is 25.7 Å². The van der Waals surface area contributed by atoms with Crippen molar-refractivity contribution in [2.75, 3.05) is 7.11 Å². The zero-order chi connectivity index (χ0) is 12.4. The van der Waals surface area contributed by atoms with E-state index >= 15 is 0 Å². The van der Waals surface area contributed by atoms with Gasteiger partial charge in [-0.25, -0.2) is 14.2 Å². The van der Waals surface area contributed by atoms with Gasteiger partial charge in [0.2, 0.25) is 0 Å². The van der Waals surface area contributed by atoms with Crippen LogP contribution in [0.15, 0.2) is 28.9 Å². The van der Waals surface area contributed by atoms with E-state index in [9.17, 15) is 9.18 Å². The largest absolute Gasteiger partial charge is 0.465 e. The van der Waals surface area contributed by atoms with Gasteiger partial charge in [0.25, 0.3) is 0 Å². The molecule has 0 aliphatic carbocycles. The summed E-state index contributed by atoms with van der Waals surface area (Å²) in [5.74, 6) is -0.855. The van der Waals surface area contributed by atoms with E-state index in [1.807, 2.05) is 0 Å². The molecule has 0 saturated carbocycles. The van der Waals surface area contributed by atoms with Crippen LogP contribution >= 0.6 is 27.3 Å². The smallest absolute Gasteiger partial charge is 0.349 e. The number of halogens is 2. The van der Waals surface area contributed by atoms with Crippen molar-refractivity contribution in [2.24, 2.45) is 0 Å². The average Bonchev–Trinajstić information content (AvgIpc) is 2.77. The highest BCUT2D eigenvalue weighted by Crippen LogP contribution is 2.33. The van der Waals surface area contributed by atoms with Crippen molar-refractivity contribution in [2.45, 2.75) is 0 Å². The zero-order valence-corrected chi connectivity index (χ0v) is 11.1. The molecule has 0 atom stereocenters. The predicted octanol–water partition coefficient (Wildman–Crippen LogP) is 3.50. The molecule has 0 fully saturated rings. The molecule has 1 heterocycles. The molecule has 0 amide bonds. The quantitative estimate of drug-likeness (QED) is 0.796. The SMILES string of the molecule is COC(=O)c1cnc(-c2c(F)cccc2Br)s1. The Balaban J connectivity index is 2.47. The number of hydrogen-bond acceptors (Lipinski definition) is 4. The Hall–Kier alpha value is -1.27. The zero-order valence-electron chi connectivity index (χ0n) is 8.74. The minimum absolute atomic E-state index is 0.345. The van der Waals surface area contributed by atoms with Gasteiger partial charge in [0, 0.05) is 4.47 Å². The number of ether oxygens (including phenoxy) is 1. The number of hydrogen-bond donors (Lipinski definition) is 0. The van der Waals surface area contributed by atoms with Crippen LogP contribution in [0.1, 0.15) is 9.67 Å². The van der Waals surface area contributed by atoms with Crippen molar-refractivity contribution in [1.82, 2.24) is 4.98 Å². The van der Waals surface area contributed by atoms with Gasteiger partial charge in [-0.05, 0) is 28.1 Å². The molecule has 3 nitrogen and oxygen atoms in total. The first-order chi connectivity index (χ1) is 8.13. The lowest BCUT2D eigenvalue weighted by atomic mass is 10.2. The summed E-state index contributed by atoms with van der Waals surface area (Å²) in [5, 5.41) is 0.440. The molecule has 0 unspecified atom stereocenters. The molecule has 88 valence electrons. The van der Waals surface area contributed by atoms with Crippen LogP contribution in [-0.4, -0.2) is 18.1 Å². The predicted molar refractivity (Wildman–Crippen MR) is 66.5 cm³/mol. The number of nitrogens with zero attached hydrogens (tertiary/aromatic N) is 1. The van der Waals surface area contributed by atoms with E-state index in [-0.39, 0.29) is 5.82 Å². The molecule has 6 heteroatoms. The molecule has 2 rings (SSSR count). The molecule has 0 radical (unpaired) electrons. The van der Waals surface area contributed by atoms with Crippen molar-refractivity contribution in [3.8, 4) is 10.6 Å². The first-order valence-electron chi connectivity index (χ1n) is 4.62. The average molecular weight is 316 g/mol. The van der Waals surface area contributed by atoms with Crippen LogP contribution in [-0.2, 0) is 4.74 Å². The van der Waals surface area contributed by atoms with E-state index < -0.39 is 5.97 Å². The number of aromatic nitrogens is 1. The monoisotopic (exact) mass is 315 g/mol. The second-order valence-electron chi connectivity index (χ2n) is 3.12. The van der Waals surface area contributed by atoms with Gasteiger partial charge in [-0.2, -0.15) is 0 Å². The molecule has 0 bridgehead atoms. The Labute approximate surface area is 109 Å². The fourth-order valence-corrected chi connectivity index (χ4v) is 2.84. The van der Waals surface area contributed by atoms with Crippen LogP contribution in [0.25, 0.3) is 10.6 Å². The number of benzene rings is 1. The fourth-order valence-electron chi connectivity index (χ4n) is 1.29. The second-order valence-corrected chi connectivity index (χ2v) is 5.00. The molecule has 1 aromatic carbocycles. The third kappa shape index (κ3) is 2.37. The maximum atomic E-state index is 13.6. The number of thiazole rings is 1. The lowest BCUT2D eigenvalue weighted by molar-refractivity contribution is 0.0606. The van der Waals surface area contributed by atoms with Gasteiger partial charge >= 0.3 is 5.97 Å². The van der Waals surface area contributed by atoms with Gasteiger partial charge < -0.3 is 4.74 Å². The Morgan fingerprint density at radius 3 is 2.94 bits per heavy atom. The highest BCUT2D eigenvalue weighted by atomic mass is 79.9. The maximum Gasteiger partial charge on any atom is 0.349 e. The molecule has 1 aromatic heterocycles. The number of rotatable bonds is 2. The topological polar surface area (TPSA) is 39.2 Å². The molecular formula is C11H7BrFNO2S. The summed E-state index contributed by atoms with van der Waals surface area (Å²) in [7, 11) is 1.29. The standard InChI is InChI=1S/C11H7BrFNO2S/c1-16-11(15)8-5-14-10(17-8)9-6(12)3-2-4-7(9)13/h2-5H,1H3. The van der Waals surface area contributed by atoms with Crippen LogP contribution in [0, 0.1) is 5.82 Å². The Kier molecular flexibility index (Phi) is 3.54. The van der Waals surface area contributed by atoms with Gasteiger partial charge in [-0.1, -0.05) is 6.07 Å². The number of carbonyl (C=O) groups excluding carboxylic acids is 1. The second kappa shape index (κ2) is 4.93. The Morgan fingerprint density at radius 1 is 1.53 bits per heavy atom. The highest BCUT2D eigenvalue weighted by molar-refractivity contribution is 9.10. The maximum absolute atomic E-state index is 13.6. The molecule has 0 aliphatic rings. The molecule has 17 heavy (non-hydrogen) atoms. The Morgan fingerprint density at radius 2 is 2.29 bits per heavy atom. The van der Waals surface area contributed by atoms with E-state index in [0.29, 0.717) is 19.9 Å². The lowest BCUT2D eigenvalue weighted by Gasteiger charge is -2.01. The summed E-state index contributed by atoms with van der Waals surface area (Å²) in [4.78, 5) is 15.6. The minimum atomic E-state index is -0.471. The lowest BCUT2D eigenvalue weighted by Crippen LogP contribution is -1.96. The summed E-state index contributed by atoms with van der Waals surface area (Å²) in [6.45, 7) is 0. The third-order valence-corrected chi connectivity index (χ3v) is 3.72. The van der Waals surface area contributed by atoms with Gasteiger partial charge in [0.15, 0.2) is 0 Å². The molecular weight excluding hydrogens is 309 g/mol. The Bertz CT molecular complexity index is 550. The van der Waals surface area contributed by atoms with Crippen LogP contribution in [0.3, 0.4) is 0 Å². The molecule has 0 spiro atoms. The summed E-state index contributed by atoms with van der Waals surface area (Å²) in [6, 6.07) is 4.66. The summed E-state index contributed by atoms with van der Waals surface area (Å²) in [5.41, 5.74) is 0.354. The summed E-state index contributed by atoms with van der Waals surface area (Å²) in [6.07, 6.45) is 1.38. The van der Waals surface area contributed by atoms with Crippen molar-refractivity contribution in [3.63, 3.8) is 0 Å². The van der Waals surface area contributed by atoms with Crippen molar-refractivity contribution in [1.29, 1.82) is 0 Å². The van der Waals surface area contributed by atoms with Crippen molar-refractivity contribution >= 4 is 33.2 Å². The van der Waals surface area contributed by atoms with Gasteiger partial charge in [-0.3, -0.25) is 0 Å². The van der Waals surface area contributed by atoms with E-state index in [1.54, 1.807) is 12.1 Å². The number of methoxy groups -OCH3 is 1. The van der Waals surface area contributed by atoms with Gasteiger partial charge in [0.1, 0.15) is 15.7 Å². The van der Waals surface area contributed by atoms with Crippen LogP contribution in [0.4, 0.5) is 4.39 Å². The first kappa shape index (κ1) is 12.2. The van der Waals surface area contributed by atoms with Gasteiger partial charge in [0.05, 0.1) is 18.9 Å². The van der Waals surface area contributed by atoms with E-state index in [4.69, 9.17) is 0 Å². The van der Waals surface area contributed by atoms with Gasteiger partial charge in [-0.15, -0.1) is 11.3 Å². The third-order valence-electron chi connectivity index (χ3n) is 2.07. The molecule has 0 N–H and O–H groups in total.